The third kappa shape index (κ3) is 1.84. The van der Waals surface area contributed by atoms with Crippen LogP contribution in [0.4, 0.5) is 0 Å². The van der Waals surface area contributed by atoms with E-state index in [9.17, 15) is 9.90 Å². The fraction of sp³-hybridized carbons (Fsp3) is 0.889. The van der Waals surface area contributed by atoms with Crippen molar-refractivity contribution in [1.82, 2.24) is 5.32 Å². The van der Waals surface area contributed by atoms with Gasteiger partial charge in [-0.3, -0.25) is 4.79 Å². The molecule has 3 heteroatoms. The fourth-order valence-electron chi connectivity index (χ4n) is 1.46. The van der Waals surface area contributed by atoms with Crippen LogP contribution >= 0.6 is 0 Å². The lowest BCUT2D eigenvalue weighted by Gasteiger charge is -2.23. The van der Waals surface area contributed by atoms with Crippen LogP contribution in [0.3, 0.4) is 0 Å². The van der Waals surface area contributed by atoms with Gasteiger partial charge in [0.05, 0.1) is 6.04 Å². The average Bonchev–Trinajstić information content (AvgIpc) is 2.55. The molecule has 0 aromatic rings. The number of ketones is 1. The van der Waals surface area contributed by atoms with Gasteiger partial charge in [-0.15, -0.1) is 0 Å². The van der Waals surface area contributed by atoms with Crippen molar-refractivity contribution in [3.63, 3.8) is 0 Å². The van der Waals surface area contributed by atoms with Gasteiger partial charge in [0, 0.05) is 0 Å². The maximum absolute atomic E-state index is 11.6. The zero-order valence-electron chi connectivity index (χ0n) is 7.76. The van der Waals surface area contributed by atoms with E-state index in [-0.39, 0.29) is 11.8 Å². The van der Waals surface area contributed by atoms with Gasteiger partial charge in [0.2, 0.25) is 0 Å². The van der Waals surface area contributed by atoms with E-state index in [1.807, 2.05) is 6.92 Å². The molecule has 0 aromatic heterocycles. The number of nitrogens with one attached hydrogen (secondary N) is 1. The minimum Gasteiger partial charge on any atom is -0.382 e. The Morgan fingerprint density at radius 2 is 2.42 bits per heavy atom. The van der Waals surface area contributed by atoms with Gasteiger partial charge in [0.1, 0.15) is 5.60 Å². The van der Waals surface area contributed by atoms with Gasteiger partial charge in [-0.1, -0.05) is 6.92 Å². The zero-order chi connectivity index (χ0) is 9.19. The Labute approximate surface area is 73.2 Å². The zero-order valence-corrected chi connectivity index (χ0v) is 7.76. The number of aliphatic hydroxyl groups is 1. The number of carbonyl (C=O) groups excluding carboxylic acids is 1. The average molecular weight is 171 g/mol. The largest absolute Gasteiger partial charge is 0.382 e. The summed E-state index contributed by atoms with van der Waals surface area (Å²) in [5, 5.41) is 12.7. The number of hydrogen-bond acceptors (Lipinski definition) is 3. The van der Waals surface area contributed by atoms with Gasteiger partial charge in [-0.25, -0.2) is 0 Å². The molecular formula is C9H17NO2. The van der Waals surface area contributed by atoms with Crippen LogP contribution in [0.2, 0.25) is 0 Å². The molecule has 1 saturated heterocycles. The predicted octanol–water partition coefficient (Wildman–Crippen LogP) is 0.468. The van der Waals surface area contributed by atoms with Crippen molar-refractivity contribution in [3.8, 4) is 0 Å². The molecule has 2 atom stereocenters. The van der Waals surface area contributed by atoms with Gasteiger partial charge >= 0.3 is 0 Å². The summed E-state index contributed by atoms with van der Waals surface area (Å²) in [5.41, 5.74) is -1.14. The van der Waals surface area contributed by atoms with Gasteiger partial charge in [0.25, 0.3) is 0 Å². The van der Waals surface area contributed by atoms with Gasteiger partial charge in [-0.2, -0.15) is 0 Å². The molecular weight excluding hydrogens is 154 g/mol. The summed E-state index contributed by atoms with van der Waals surface area (Å²) in [6.45, 7) is 4.32. The van der Waals surface area contributed by atoms with Crippen LogP contribution in [0.5, 0.6) is 0 Å². The van der Waals surface area contributed by atoms with Gasteiger partial charge in [0.15, 0.2) is 5.78 Å². The molecule has 0 bridgehead atoms. The lowest BCUT2D eigenvalue weighted by molar-refractivity contribution is -0.137. The third-order valence-electron chi connectivity index (χ3n) is 2.60. The van der Waals surface area contributed by atoms with Crippen molar-refractivity contribution in [2.45, 2.75) is 44.8 Å². The fourth-order valence-corrected chi connectivity index (χ4v) is 1.46. The molecule has 0 radical (unpaired) electrons. The molecule has 3 nitrogen and oxygen atoms in total. The van der Waals surface area contributed by atoms with Crippen molar-refractivity contribution in [2.75, 3.05) is 6.54 Å². The summed E-state index contributed by atoms with van der Waals surface area (Å²) in [6.07, 6.45) is 2.40. The van der Waals surface area contributed by atoms with E-state index >= 15 is 0 Å². The molecule has 70 valence electrons. The summed E-state index contributed by atoms with van der Waals surface area (Å²) in [6, 6.07) is -0.111. The van der Waals surface area contributed by atoms with Crippen molar-refractivity contribution < 1.29 is 9.90 Å². The first-order valence-corrected chi connectivity index (χ1v) is 4.58. The minimum atomic E-state index is -1.14. The molecule has 1 heterocycles. The molecule has 0 spiro atoms. The number of hydrogen-bond donors (Lipinski definition) is 2. The van der Waals surface area contributed by atoms with Crippen molar-refractivity contribution in [2.24, 2.45) is 0 Å². The monoisotopic (exact) mass is 171 g/mol. The van der Waals surface area contributed by atoms with Crippen molar-refractivity contribution >= 4 is 5.78 Å². The second-order valence-electron chi connectivity index (χ2n) is 3.64. The lowest BCUT2D eigenvalue weighted by atomic mass is 9.92. The smallest absolute Gasteiger partial charge is 0.180 e. The Morgan fingerprint density at radius 1 is 1.75 bits per heavy atom. The summed E-state index contributed by atoms with van der Waals surface area (Å²) in [5.74, 6) is -0.0532. The summed E-state index contributed by atoms with van der Waals surface area (Å²) in [4.78, 5) is 11.6. The Morgan fingerprint density at radius 3 is 2.83 bits per heavy atom. The van der Waals surface area contributed by atoms with E-state index in [4.69, 9.17) is 0 Å². The molecule has 1 fully saturated rings. The van der Waals surface area contributed by atoms with Crippen LogP contribution in [0, 0.1) is 0 Å². The molecule has 0 aliphatic carbocycles. The molecule has 1 unspecified atom stereocenters. The molecule has 1 aliphatic rings. The third-order valence-corrected chi connectivity index (χ3v) is 2.60. The highest BCUT2D eigenvalue weighted by atomic mass is 16.3. The van der Waals surface area contributed by atoms with E-state index in [0.717, 1.165) is 19.4 Å². The van der Waals surface area contributed by atoms with Crippen molar-refractivity contribution in [1.29, 1.82) is 0 Å². The first-order chi connectivity index (χ1) is 5.58. The molecule has 2 N–H and O–H groups in total. The summed E-state index contributed by atoms with van der Waals surface area (Å²) in [7, 11) is 0. The highest BCUT2D eigenvalue weighted by molar-refractivity contribution is 5.91. The van der Waals surface area contributed by atoms with Crippen LogP contribution in [-0.4, -0.2) is 29.1 Å². The summed E-state index contributed by atoms with van der Waals surface area (Å²) < 4.78 is 0. The Bertz CT molecular complexity index is 171. The number of carbonyl (C=O) groups is 1. The molecule has 12 heavy (non-hydrogen) atoms. The maximum atomic E-state index is 11.6. The maximum Gasteiger partial charge on any atom is 0.180 e. The first kappa shape index (κ1) is 9.68. The van der Waals surface area contributed by atoms with Crippen LogP contribution in [-0.2, 0) is 4.79 Å². The lowest BCUT2D eigenvalue weighted by Crippen LogP contribution is -2.45. The molecule has 0 saturated carbocycles. The van der Waals surface area contributed by atoms with E-state index in [1.54, 1.807) is 6.92 Å². The number of rotatable bonds is 3. The van der Waals surface area contributed by atoms with Gasteiger partial charge in [-0.05, 0) is 32.7 Å². The van der Waals surface area contributed by atoms with E-state index in [1.165, 1.54) is 0 Å². The molecule has 1 aliphatic heterocycles. The predicted molar refractivity (Wildman–Crippen MR) is 46.9 cm³/mol. The second-order valence-corrected chi connectivity index (χ2v) is 3.64. The standard InChI is InChI=1S/C9H17NO2/c1-3-9(2,12)8(11)7-5-4-6-10-7/h7,10,12H,3-6H2,1-2H3/t7-,9?/m0/s1. The van der Waals surface area contributed by atoms with Crippen LogP contribution in [0.15, 0.2) is 0 Å². The summed E-state index contributed by atoms with van der Waals surface area (Å²) >= 11 is 0. The highest BCUT2D eigenvalue weighted by Gasteiger charge is 2.35. The van der Waals surface area contributed by atoms with E-state index in [2.05, 4.69) is 5.32 Å². The SMILES string of the molecule is CCC(C)(O)C(=O)[C@@H]1CCCN1. The Balaban J connectivity index is 2.56. The Hall–Kier alpha value is -0.410. The van der Waals surface area contributed by atoms with E-state index in [0.29, 0.717) is 6.42 Å². The molecule has 0 amide bonds. The van der Waals surface area contributed by atoms with E-state index < -0.39 is 5.60 Å². The highest BCUT2D eigenvalue weighted by Crippen LogP contribution is 2.17. The quantitative estimate of drug-likeness (QED) is 0.649. The minimum absolute atomic E-state index is 0.0532. The van der Waals surface area contributed by atoms with Crippen LogP contribution in [0.1, 0.15) is 33.1 Å². The second kappa shape index (κ2) is 3.54. The Kier molecular flexibility index (Phi) is 2.85. The van der Waals surface area contributed by atoms with Crippen molar-refractivity contribution in [3.05, 3.63) is 0 Å². The van der Waals surface area contributed by atoms with Crippen LogP contribution in [0.25, 0.3) is 0 Å². The number of Topliss-reactive ketones (excluding diaryl/α,β-unsaturated/α-hetero) is 1. The topological polar surface area (TPSA) is 49.3 Å². The normalized spacial score (nSPS) is 28.4. The van der Waals surface area contributed by atoms with Gasteiger partial charge < -0.3 is 10.4 Å². The molecule has 0 aromatic carbocycles. The molecule has 1 rings (SSSR count). The van der Waals surface area contributed by atoms with Crippen LogP contribution < -0.4 is 5.32 Å². The first-order valence-electron chi connectivity index (χ1n) is 4.58.